The highest BCUT2D eigenvalue weighted by Gasteiger charge is 2.45. The maximum atomic E-state index is 13.7. The van der Waals surface area contributed by atoms with E-state index in [0.717, 1.165) is 16.3 Å². The Bertz CT molecular complexity index is 2230. The number of aromatic nitrogens is 1. The van der Waals surface area contributed by atoms with Crippen molar-refractivity contribution in [2.45, 2.75) is 30.8 Å². The molecule has 0 aliphatic carbocycles. The van der Waals surface area contributed by atoms with Crippen LogP contribution >= 0.6 is 11.8 Å². The Labute approximate surface area is 349 Å². The third-order valence-electron chi connectivity index (χ3n) is 10.3. The molecule has 5 heterocycles. The summed E-state index contributed by atoms with van der Waals surface area (Å²) in [6.45, 7) is 4.70. The first-order valence-corrected chi connectivity index (χ1v) is 20.4. The van der Waals surface area contributed by atoms with Gasteiger partial charge in [-0.15, -0.1) is 0 Å². The van der Waals surface area contributed by atoms with Gasteiger partial charge < -0.3 is 40.5 Å². The van der Waals surface area contributed by atoms with Crippen molar-refractivity contribution in [3.05, 3.63) is 94.1 Å². The Morgan fingerprint density at radius 2 is 1.73 bits per heavy atom. The van der Waals surface area contributed by atoms with Gasteiger partial charge >= 0.3 is 0 Å². The number of carbonyl (C=O) groups is 7. The van der Waals surface area contributed by atoms with E-state index in [2.05, 4.69) is 36.5 Å². The summed E-state index contributed by atoms with van der Waals surface area (Å²) in [5, 5.41) is 16.2. The lowest BCUT2D eigenvalue weighted by molar-refractivity contribution is -0.136. The fourth-order valence-corrected chi connectivity index (χ4v) is 7.96. The topological polar surface area (TPSA) is 221 Å². The van der Waals surface area contributed by atoms with Crippen LogP contribution in [0.25, 0.3) is 5.70 Å². The zero-order valence-corrected chi connectivity index (χ0v) is 33.9. The van der Waals surface area contributed by atoms with Crippen molar-refractivity contribution < 1.29 is 43.0 Å². The van der Waals surface area contributed by atoms with Gasteiger partial charge in [-0.3, -0.25) is 48.8 Å². The summed E-state index contributed by atoms with van der Waals surface area (Å²) in [6, 6.07) is 13.8. The molecule has 2 aromatic carbocycles. The number of rotatable bonds is 15. The molecule has 2 saturated heterocycles. The molecule has 1 aromatic heterocycles. The Balaban J connectivity index is 0.891. The van der Waals surface area contributed by atoms with Gasteiger partial charge in [-0.1, -0.05) is 23.9 Å². The third-order valence-corrected chi connectivity index (χ3v) is 11.3. The van der Waals surface area contributed by atoms with Crippen molar-refractivity contribution in [2.24, 2.45) is 0 Å². The van der Waals surface area contributed by atoms with Crippen LogP contribution in [0.15, 0.2) is 66.2 Å². The molecule has 3 aromatic rings. The number of amides is 7. The van der Waals surface area contributed by atoms with Crippen LogP contribution in [-0.2, 0) is 19.1 Å². The molecule has 0 saturated carbocycles. The molecule has 2 atom stereocenters. The van der Waals surface area contributed by atoms with E-state index in [1.165, 1.54) is 36.0 Å². The van der Waals surface area contributed by atoms with Gasteiger partial charge in [0.15, 0.2) is 11.6 Å². The van der Waals surface area contributed by atoms with Crippen LogP contribution in [-0.4, -0.2) is 138 Å². The first-order valence-electron chi connectivity index (χ1n) is 19.5. The first-order chi connectivity index (χ1) is 28.9. The van der Waals surface area contributed by atoms with Crippen LogP contribution in [0.5, 0.6) is 5.75 Å². The van der Waals surface area contributed by atoms with E-state index in [4.69, 9.17) is 9.47 Å². The molecule has 18 nitrogen and oxygen atoms in total. The first kappa shape index (κ1) is 41.8. The Morgan fingerprint density at radius 1 is 0.950 bits per heavy atom. The molecule has 7 amide bonds. The zero-order chi connectivity index (χ0) is 42.4. The predicted molar refractivity (Wildman–Crippen MR) is 220 cm³/mol. The molecule has 2 fully saturated rings. The lowest BCUT2D eigenvalue weighted by Crippen LogP contribution is -2.54. The van der Waals surface area contributed by atoms with Gasteiger partial charge in [0.2, 0.25) is 11.8 Å². The van der Waals surface area contributed by atoms with Gasteiger partial charge in [0.25, 0.3) is 29.5 Å². The highest BCUT2D eigenvalue weighted by Crippen LogP contribution is 2.34. The van der Waals surface area contributed by atoms with E-state index in [1.54, 1.807) is 23.2 Å². The summed E-state index contributed by atoms with van der Waals surface area (Å²) in [4.78, 5) is 98.7. The molecule has 19 heteroatoms. The third kappa shape index (κ3) is 9.59. The maximum absolute atomic E-state index is 13.7. The number of fused-ring (bicyclic) bond motifs is 1. The van der Waals surface area contributed by atoms with Crippen LogP contribution in [0.3, 0.4) is 0 Å². The lowest BCUT2D eigenvalue weighted by atomic mass is 10.0. The number of imide groups is 2. The Morgan fingerprint density at radius 3 is 2.50 bits per heavy atom. The Hall–Kier alpha value is -6.31. The number of pyridine rings is 1. The molecule has 0 bridgehead atoms. The monoisotopic (exact) mass is 839 g/mol. The van der Waals surface area contributed by atoms with Crippen LogP contribution in [0.2, 0.25) is 0 Å². The van der Waals surface area contributed by atoms with Crippen molar-refractivity contribution in [2.75, 3.05) is 71.5 Å². The van der Waals surface area contributed by atoms with Gasteiger partial charge in [-0.05, 0) is 62.9 Å². The molecule has 0 radical (unpaired) electrons. The number of ether oxygens (including phenoxy) is 2. The van der Waals surface area contributed by atoms with E-state index in [9.17, 15) is 33.6 Å². The highest BCUT2D eigenvalue weighted by molar-refractivity contribution is 8.03. The Kier molecular flexibility index (Phi) is 12.8. The summed E-state index contributed by atoms with van der Waals surface area (Å²) in [5.74, 6) is -3.31. The molecular weight excluding hydrogens is 795 g/mol. The molecule has 314 valence electrons. The summed E-state index contributed by atoms with van der Waals surface area (Å²) < 4.78 is 11.5. The minimum absolute atomic E-state index is 0.0272. The molecule has 5 N–H and O–H groups in total. The van der Waals surface area contributed by atoms with E-state index in [0.29, 0.717) is 31.9 Å². The number of benzene rings is 2. The number of thioether (sulfide) groups is 1. The van der Waals surface area contributed by atoms with E-state index >= 15 is 0 Å². The molecule has 7 rings (SSSR count). The highest BCUT2D eigenvalue weighted by atomic mass is 32.2. The van der Waals surface area contributed by atoms with E-state index in [1.807, 2.05) is 37.6 Å². The molecular formula is C41H45N9O9S. The summed E-state index contributed by atoms with van der Waals surface area (Å²) in [5.41, 5.74) is 2.64. The number of hydrogen-bond donors (Lipinski definition) is 5. The maximum Gasteiger partial charge on any atom is 0.264 e. The molecule has 2 unspecified atom stereocenters. The molecule has 60 heavy (non-hydrogen) atoms. The smallest absolute Gasteiger partial charge is 0.264 e. The zero-order valence-electron chi connectivity index (χ0n) is 33.1. The molecule has 4 aliphatic rings. The number of anilines is 1. The van der Waals surface area contributed by atoms with Crippen molar-refractivity contribution in [1.82, 2.24) is 41.0 Å². The minimum Gasteiger partial charge on any atom is -0.484 e. The largest absolute Gasteiger partial charge is 0.484 e. The standard InChI is InChI=1S/C41H45N9O9S/c1-41(46-31(24-60-41)29-7-3-4-11-42-29)47-36(53)25-20-26(38(55)49-16-14-48(2)15-17-49)22-27(21-25)59-23-34(52)44-13-19-58-18-12-43-30-8-5-6-28-35(30)40(57)50(39(28)56)32-9-10-33(51)45-37(32)54/h3-8,11,20-22,24,32,43,46H,9-10,12-19,23H2,1-2H3,(H,44,52)(H,47,53)(H,45,51,54). The van der Waals surface area contributed by atoms with Gasteiger partial charge in [0.1, 0.15) is 11.8 Å². The van der Waals surface area contributed by atoms with Crippen molar-refractivity contribution in [3.8, 4) is 5.75 Å². The summed E-state index contributed by atoms with van der Waals surface area (Å²) >= 11 is 1.38. The second-order valence-corrected chi connectivity index (χ2v) is 16.0. The number of nitrogens with zero attached hydrogens (tertiary/aromatic N) is 4. The predicted octanol–water partition coefficient (Wildman–Crippen LogP) is 1.23. The number of piperazine rings is 1. The van der Waals surface area contributed by atoms with Gasteiger partial charge in [0, 0.05) is 74.1 Å². The van der Waals surface area contributed by atoms with Crippen LogP contribution in [0.4, 0.5) is 5.69 Å². The summed E-state index contributed by atoms with van der Waals surface area (Å²) in [7, 11) is 1.99. The normalized spacial score (nSPS) is 20.2. The number of nitrogens with one attached hydrogen (secondary N) is 5. The fourth-order valence-electron chi connectivity index (χ4n) is 7.10. The van der Waals surface area contributed by atoms with E-state index in [-0.39, 0.29) is 79.7 Å². The van der Waals surface area contributed by atoms with Crippen molar-refractivity contribution in [3.63, 3.8) is 0 Å². The fraction of sp³-hybridized carbons (Fsp3) is 0.366. The average Bonchev–Trinajstić information content (AvgIpc) is 3.75. The number of carbonyl (C=O) groups excluding carboxylic acids is 7. The van der Waals surface area contributed by atoms with Gasteiger partial charge in [-0.25, -0.2) is 0 Å². The SMILES string of the molecule is CN1CCN(C(=O)c2cc(OCC(=O)NCCOCCNc3cccc4c3C(=O)N(C3CCC(=O)NC3=O)C4=O)cc(C(=O)NC3(C)NC(c4ccccn4)=CS3)c2)CC1. The van der Waals surface area contributed by atoms with Gasteiger partial charge in [-0.2, -0.15) is 0 Å². The molecule has 0 spiro atoms. The second kappa shape index (κ2) is 18.3. The molecule has 4 aliphatic heterocycles. The number of hydrogen-bond acceptors (Lipinski definition) is 14. The van der Waals surface area contributed by atoms with E-state index < -0.39 is 46.5 Å². The number of likely N-dealkylation sites (N-methyl/N-ethyl adjacent to an activating group) is 1. The van der Waals surface area contributed by atoms with Crippen molar-refractivity contribution in [1.29, 1.82) is 0 Å². The minimum atomic E-state index is -1.06. The number of piperidine rings is 1. The van der Waals surface area contributed by atoms with Crippen LogP contribution in [0, 0.1) is 0 Å². The van der Waals surface area contributed by atoms with Gasteiger partial charge in [0.05, 0.1) is 35.7 Å². The van der Waals surface area contributed by atoms with Crippen LogP contribution < -0.4 is 31.3 Å². The van der Waals surface area contributed by atoms with Crippen LogP contribution in [0.1, 0.15) is 66.9 Å². The summed E-state index contributed by atoms with van der Waals surface area (Å²) in [6.07, 6.45) is 1.77. The average molecular weight is 840 g/mol. The van der Waals surface area contributed by atoms with Crippen molar-refractivity contribution >= 4 is 64.5 Å². The second-order valence-electron chi connectivity index (χ2n) is 14.7. The lowest BCUT2D eigenvalue weighted by Gasteiger charge is -2.32. The quantitative estimate of drug-likeness (QED) is 0.107.